The number of ether oxygens (including phenoxy) is 1. The Morgan fingerprint density at radius 1 is 1.53 bits per heavy atom. The van der Waals surface area contributed by atoms with Gasteiger partial charge in [-0.1, -0.05) is 34.0 Å². The van der Waals surface area contributed by atoms with Crippen LogP contribution in [0.15, 0.2) is 18.2 Å². The number of alkyl halides is 1. The molecule has 1 saturated carbocycles. The molecule has 0 radical (unpaired) electrons. The second kappa shape index (κ2) is 6.62. The lowest BCUT2D eigenvalue weighted by atomic mass is 10.1. The number of methoxy groups -OCH3 is 1. The van der Waals surface area contributed by atoms with Crippen molar-refractivity contribution in [3.8, 4) is 5.75 Å². The van der Waals surface area contributed by atoms with Gasteiger partial charge in [-0.15, -0.1) is 0 Å². The molecule has 1 fully saturated rings. The van der Waals surface area contributed by atoms with Gasteiger partial charge >= 0.3 is 0 Å². The van der Waals surface area contributed by atoms with E-state index in [4.69, 9.17) is 16.3 Å². The van der Waals surface area contributed by atoms with Gasteiger partial charge in [0.1, 0.15) is 5.75 Å². The molecule has 0 bridgehead atoms. The number of carbonyl (C=O) groups is 1. The summed E-state index contributed by atoms with van der Waals surface area (Å²) in [5.41, 5.74) is 0.485. The molecule has 1 aromatic carbocycles. The van der Waals surface area contributed by atoms with Crippen LogP contribution >= 0.6 is 27.5 Å². The summed E-state index contributed by atoms with van der Waals surface area (Å²) < 4.78 is 5.19. The summed E-state index contributed by atoms with van der Waals surface area (Å²) in [6.07, 6.45) is 3.56. The summed E-state index contributed by atoms with van der Waals surface area (Å²) in [5, 5.41) is 3.50. The topological polar surface area (TPSA) is 38.3 Å². The van der Waals surface area contributed by atoms with E-state index in [2.05, 4.69) is 21.2 Å². The van der Waals surface area contributed by atoms with Gasteiger partial charge in [0.2, 0.25) is 0 Å². The molecule has 1 amide bonds. The minimum Gasteiger partial charge on any atom is -0.496 e. The first-order chi connectivity index (χ1) is 9.11. The number of rotatable bonds is 4. The van der Waals surface area contributed by atoms with Gasteiger partial charge in [0.05, 0.1) is 12.7 Å². The Kier molecular flexibility index (Phi) is 5.11. The molecule has 0 saturated heterocycles. The molecule has 2 atom stereocenters. The quantitative estimate of drug-likeness (QED) is 0.845. The molecular formula is C14H17BrClNO2. The molecule has 1 aliphatic rings. The van der Waals surface area contributed by atoms with Crippen molar-refractivity contribution < 1.29 is 9.53 Å². The van der Waals surface area contributed by atoms with E-state index in [1.807, 2.05) is 0 Å². The van der Waals surface area contributed by atoms with E-state index in [0.717, 1.165) is 6.42 Å². The minimum atomic E-state index is -0.133. The smallest absolute Gasteiger partial charge is 0.255 e. The van der Waals surface area contributed by atoms with Gasteiger partial charge < -0.3 is 10.1 Å². The van der Waals surface area contributed by atoms with Crippen molar-refractivity contribution in [3.05, 3.63) is 28.8 Å². The van der Waals surface area contributed by atoms with Crippen LogP contribution in [-0.2, 0) is 0 Å². The van der Waals surface area contributed by atoms with Gasteiger partial charge in [0.15, 0.2) is 0 Å². The van der Waals surface area contributed by atoms with Gasteiger partial charge in [-0.25, -0.2) is 0 Å². The Labute approximate surface area is 126 Å². The van der Waals surface area contributed by atoms with Crippen LogP contribution < -0.4 is 10.1 Å². The minimum absolute atomic E-state index is 0.133. The van der Waals surface area contributed by atoms with Crippen LogP contribution in [0.3, 0.4) is 0 Å². The van der Waals surface area contributed by atoms with Crippen LogP contribution in [0.2, 0.25) is 5.02 Å². The van der Waals surface area contributed by atoms with Crippen molar-refractivity contribution in [2.24, 2.45) is 5.92 Å². The standard InChI is InChI=1S/C14H17BrClNO2/c1-19-13-6-5-10(16)7-11(13)14(18)17-8-9-3-2-4-12(9)15/h5-7,9,12H,2-4,8H2,1H3,(H,17,18). The third kappa shape index (κ3) is 3.63. The summed E-state index contributed by atoms with van der Waals surface area (Å²) in [4.78, 5) is 12.7. The highest BCUT2D eigenvalue weighted by atomic mass is 79.9. The molecule has 104 valence electrons. The zero-order valence-electron chi connectivity index (χ0n) is 10.8. The molecule has 1 aromatic rings. The molecule has 2 rings (SSSR count). The van der Waals surface area contributed by atoms with Crippen LogP contribution in [0.25, 0.3) is 0 Å². The fraction of sp³-hybridized carbons (Fsp3) is 0.500. The molecule has 1 aliphatic carbocycles. The van der Waals surface area contributed by atoms with Crippen LogP contribution in [0.4, 0.5) is 0 Å². The normalized spacial score (nSPS) is 22.3. The van der Waals surface area contributed by atoms with E-state index >= 15 is 0 Å². The molecule has 3 nitrogen and oxygen atoms in total. The molecule has 2 unspecified atom stereocenters. The number of hydrogen-bond donors (Lipinski definition) is 1. The van der Waals surface area contributed by atoms with Gasteiger partial charge in [-0.2, -0.15) is 0 Å². The fourth-order valence-corrected chi connectivity index (χ4v) is 3.35. The third-order valence-electron chi connectivity index (χ3n) is 3.50. The maximum absolute atomic E-state index is 12.2. The first-order valence-electron chi connectivity index (χ1n) is 6.37. The van der Waals surface area contributed by atoms with Crippen molar-refractivity contribution in [3.63, 3.8) is 0 Å². The van der Waals surface area contributed by atoms with Crippen LogP contribution in [0, 0.1) is 5.92 Å². The predicted molar refractivity (Wildman–Crippen MR) is 80.4 cm³/mol. The zero-order valence-corrected chi connectivity index (χ0v) is 13.1. The summed E-state index contributed by atoms with van der Waals surface area (Å²) in [5.74, 6) is 0.920. The Morgan fingerprint density at radius 3 is 2.95 bits per heavy atom. The van der Waals surface area contributed by atoms with Crippen molar-refractivity contribution in [1.82, 2.24) is 5.32 Å². The fourth-order valence-electron chi connectivity index (χ4n) is 2.40. The van der Waals surface area contributed by atoms with Crippen molar-refractivity contribution in [2.45, 2.75) is 24.1 Å². The number of halogens is 2. The van der Waals surface area contributed by atoms with E-state index in [1.165, 1.54) is 12.8 Å². The zero-order chi connectivity index (χ0) is 13.8. The van der Waals surface area contributed by atoms with Crippen molar-refractivity contribution in [1.29, 1.82) is 0 Å². The van der Waals surface area contributed by atoms with Gasteiger partial charge in [-0.3, -0.25) is 4.79 Å². The highest BCUT2D eigenvalue weighted by molar-refractivity contribution is 9.09. The Balaban J connectivity index is 2.01. The summed E-state index contributed by atoms with van der Waals surface area (Å²) in [6, 6.07) is 5.05. The lowest BCUT2D eigenvalue weighted by Crippen LogP contribution is -2.31. The van der Waals surface area contributed by atoms with Crippen molar-refractivity contribution in [2.75, 3.05) is 13.7 Å². The molecule has 0 aliphatic heterocycles. The van der Waals surface area contributed by atoms with E-state index in [-0.39, 0.29) is 5.91 Å². The molecule has 0 spiro atoms. The van der Waals surface area contributed by atoms with E-state index in [1.54, 1.807) is 25.3 Å². The summed E-state index contributed by atoms with van der Waals surface area (Å²) in [6.45, 7) is 0.685. The molecule has 0 aromatic heterocycles. The second-order valence-corrected chi connectivity index (χ2v) is 6.37. The van der Waals surface area contributed by atoms with Gasteiger partial charge in [-0.05, 0) is 37.0 Å². The second-order valence-electron chi connectivity index (χ2n) is 4.76. The maximum atomic E-state index is 12.2. The average Bonchev–Trinajstić information content (AvgIpc) is 2.81. The van der Waals surface area contributed by atoms with E-state index in [9.17, 15) is 4.79 Å². The summed E-state index contributed by atoms with van der Waals surface area (Å²) in [7, 11) is 1.55. The van der Waals surface area contributed by atoms with Crippen LogP contribution in [0.5, 0.6) is 5.75 Å². The Bertz CT molecular complexity index is 467. The predicted octanol–water partition coefficient (Wildman–Crippen LogP) is 3.64. The number of amides is 1. The lowest BCUT2D eigenvalue weighted by molar-refractivity contribution is 0.0945. The average molecular weight is 347 g/mol. The molecule has 19 heavy (non-hydrogen) atoms. The molecular weight excluding hydrogens is 330 g/mol. The summed E-state index contributed by atoms with van der Waals surface area (Å²) >= 11 is 9.58. The van der Waals surface area contributed by atoms with Crippen LogP contribution in [0.1, 0.15) is 29.6 Å². The van der Waals surface area contributed by atoms with Gasteiger partial charge in [0, 0.05) is 16.4 Å². The Morgan fingerprint density at radius 2 is 2.32 bits per heavy atom. The molecule has 5 heteroatoms. The molecule has 1 N–H and O–H groups in total. The van der Waals surface area contributed by atoms with Crippen molar-refractivity contribution >= 4 is 33.4 Å². The number of benzene rings is 1. The Hall–Kier alpha value is -0.740. The SMILES string of the molecule is COc1ccc(Cl)cc1C(=O)NCC1CCCC1Br. The third-order valence-corrected chi connectivity index (χ3v) is 4.94. The number of hydrogen-bond acceptors (Lipinski definition) is 2. The van der Waals surface area contributed by atoms with Gasteiger partial charge in [0.25, 0.3) is 5.91 Å². The number of carbonyl (C=O) groups excluding carboxylic acids is 1. The first kappa shape index (κ1) is 14.7. The monoisotopic (exact) mass is 345 g/mol. The largest absolute Gasteiger partial charge is 0.496 e. The number of nitrogens with one attached hydrogen (secondary N) is 1. The highest BCUT2D eigenvalue weighted by Crippen LogP contribution is 2.31. The maximum Gasteiger partial charge on any atom is 0.255 e. The lowest BCUT2D eigenvalue weighted by Gasteiger charge is -2.15. The van der Waals surface area contributed by atoms with Crippen LogP contribution in [-0.4, -0.2) is 24.4 Å². The highest BCUT2D eigenvalue weighted by Gasteiger charge is 2.25. The molecule has 0 heterocycles. The van der Waals surface area contributed by atoms with E-state index < -0.39 is 0 Å². The van der Waals surface area contributed by atoms with E-state index in [0.29, 0.717) is 33.6 Å². The first-order valence-corrected chi connectivity index (χ1v) is 7.67.